The van der Waals surface area contributed by atoms with Gasteiger partial charge in [-0.15, -0.1) is 0 Å². The van der Waals surface area contributed by atoms with Gasteiger partial charge in [0.1, 0.15) is 24.1 Å². The van der Waals surface area contributed by atoms with E-state index in [1.54, 1.807) is 25.1 Å². The lowest BCUT2D eigenvalue weighted by Gasteiger charge is -2.16. The fourth-order valence-corrected chi connectivity index (χ4v) is 1.77. The minimum Gasteiger partial charge on any atom is -0.497 e. The number of methoxy groups -OCH3 is 1. The Hall–Kier alpha value is -2.28. The van der Waals surface area contributed by atoms with Gasteiger partial charge in [-0.3, -0.25) is 9.59 Å². The predicted octanol–water partition coefficient (Wildman–Crippen LogP) is 0.287. The highest BCUT2D eigenvalue weighted by molar-refractivity contribution is 5.99. The maximum Gasteiger partial charge on any atom is 0.255 e. The van der Waals surface area contributed by atoms with Crippen LogP contribution in [-0.4, -0.2) is 44.7 Å². The van der Waals surface area contributed by atoms with Gasteiger partial charge in [0.05, 0.1) is 12.7 Å². The SMILES string of the molecule is CCNC(=O)[C@@H](C)NC(=O)c1ccc(OC)cc1OCCN. The molecule has 0 saturated carbocycles. The highest BCUT2D eigenvalue weighted by Gasteiger charge is 2.19. The van der Waals surface area contributed by atoms with E-state index in [4.69, 9.17) is 15.2 Å². The summed E-state index contributed by atoms with van der Waals surface area (Å²) in [6.45, 7) is 4.54. The maximum absolute atomic E-state index is 12.3. The molecule has 0 aliphatic heterocycles. The number of benzene rings is 1. The number of hydrogen-bond acceptors (Lipinski definition) is 5. The third-order valence-corrected chi connectivity index (χ3v) is 2.90. The van der Waals surface area contributed by atoms with Crippen LogP contribution in [-0.2, 0) is 4.79 Å². The smallest absolute Gasteiger partial charge is 0.255 e. The van der Waals surface area contributed by atoms with Gasteiger partial charge in [0, 0.05) is 19.2 Å². The Balaban J connectivity index is 2.89. The van der Waals surface area contributed by atoms with Crippen molar-refractivity contribution in [2.75, 3.05) is 26.8 Å². The van der Waals surface area contributed by atoms with Crippen LogP contribution in [0.5, 0.6) is 11.5 Å². The zero-order chi connectivity index (χ0) is 16.5. The average Bonchev–Trinajstić information content (AvgIpc) is 2.52. The lowest BCUT2D eigenvalue weighted by atomic mass is 10.1. The van der Waals surface area contributed by atoms with Crippen molar-refractivity contribution in [3.63, 3.8) is 0 Å². The molecule has 0 aliphatic rings. The van der Waals surface area contributed by atoms with Crippen LogP contribution in [0.15, 0.2) is 18.2 Å². The van der Waals surface area contributed by atoms with E-state index in [9.17, 15) is 9.59 Å². The fourth-order valence-electron chi connectivity index (χ4n) is 1.77. The largest absolute Gasteiger partial charge is 0.497 e. The second kappa shape index (κ2) is 8.89. The highest BCUT2D eigenvalue weighted by atomic mass is 16.5. The normalized spacial score (nSPS) is 11.5. The number of likely N-dealkylation sites (N-methyl/N-ethyl adjacent to an activating group) is 1. The van der Waals surface area contributed by atoms with E-state index in [1.165, 1.54) is 7.11 Å². The number of hydrogen-bond donors (Lipinski definition) is 3. The number of nitrogens with two attached hydrogens (primary N) is 1. The first-order chi connectivity index (χ1) is 10.5. The number of nitrogens with one attached hydrogen (secondary N) is 2. The molecule has 7 heteroatoms. The second-order valence-electron chi connectivity index (χ2n) is 4.59. The van der Waals surface area contributed by atoms with Crippen molar-refractivity contribution < 1.29 is 19.1 Å². The molecule has 0 fully saturated rings. The van der Waals surface area contributed by atoms with E-state index in [-0.39, 0.29) is 12.5 Å². The minimum atomic E-state index is -0.642. The van der Waals surface area contributed by atoms with Crippen LogP contribution < -0.4 is 25.8 Å². The molecule has 1 aromatic carbocycles. The molecule has 1 rings (SSSR count). The lowest BCUT2D eigenvalue weighted by molar-refractivity contribution is -0.122. The summed E-state index contributed by atoms with van der Waals surface area (Å²) in [4.78, 5) is 24.0. The third-order valence-electron chi connectivity index (χ3n) is 2.90. The molecule has 1 aromatic rings. The summed E-state index contributed by atoms with van der Waals surface area (Å²) < 4.78 is 10.6. The van der Waals surface area contributed by atoms with Crippen LogP contribution >= 0.6 is 0 Å². The van der Waals surface area contributed by atoms with Gasteiger partial charge in [-0.1, -0.05) is 0 Å². The molecule has 1 atom stereocenters. The number of rotatable bonds is 8. The van der Waals surface area contributed by atoms with Crippen LogP contribution in [0.1, 0.15) is 24.2 Å². The number of carbonyl (C=O) groups excluding carboxylic acids is 2. The third kappa shape index (κ3) is 4.92. The first kappa shape index (κ1) is 17.8. The van der Waals surface area contributed by atoms with Crippen molar-refractivity contribution in [1.82, 2.24) is 10.6 Å². The van der Waals surface area contributed by atoms with Gasteiger partial charge in [-0.2, -0.15) is 0 Å². The minimum absolute atomic E-state index is 0.242. The first-order valence-electron chi connectivity index (χ1n) is 7.13. The van der Waals surface area contributed by atoms with Gasteiger partial charge in [-0.25, -0.2) is 0 Å². The van der Waals surface area contributed by atoms with Gasteiger partial charge in [0.2, 0.25) is 5.91 Å². The molecule has 4 N–H and O–H groups in total. The zero-order valence-electron chi connectivity index (χ0n) is 13.1. The molecule has 0 saturated heterocycles. The summed E-state index contributed by atoms with van der Waals surface area (Å²) in [6.07, 6.45) is 0. The van der Waals surface area contributed by atoms with Crippen molar-refractivity contribution in [2.24, 2.45) is 5.73 Å². The molecule has 0 bridgehead atoms. The van der Waals surface area contributed by atoms with E-state index in [0.717, 1.165) is 0 Å². The maximum atomic E-state index is 12.3. The summed E-state index contributed by atoms with van der Waals surface area (Å²) in [7, 11) is 1.53. The molecule has 0 unspecified atom stereocenters. The van der Waals surface area contributed by atoms with E-state index in [0.29, 0.717) is 30.2 Å². The van der Waals surface area contributed by atoms with E-state index in [2.05, 4.69) is 10.6 Å². The van der Waals surface area contributed by atoms with Gasteiger partial charge in [0.15, 0.2) is 0 Å². The molecule has 0 spiro atoms. The summed E-state index contributed by atoms with van der Waals surface area (Å²) in [5.74, 6) is 0.299. The molecule has 2 amide bonds. The van der Waals surface area contributed by atoms with Crippen LogP contribution in [0.3, 0.4) is 0 Å². The molecule has 0 aliphatic carbocycles. The van der Waals surface area contributed by atoms with Crippen LogP contribution in [0, 0.1) is 0 Å². The average molecular weight is 309 g/mol. The quantitative estimate of drug-likeness (QED) is 0.640. The van der Waals surface area contributed by atoms with E-state index >= 15 is 0 Å². The standard InChI is InChI=1S/C15H23N3O4/c1-4-17-14(19)10(2)18-15(20)12-6-5-11(21-3)9-13(12)22-8-7-16/h5-6,9-10H,4,7-8,16H2,1-3H3,(H,17,19)(H,18,20)/t10-/m1/s1. The Bertz CT molecular complexity index is 520. The summed E-state index contributed by atoms with van der Waals surface area (Å²) >= 11 is 0. The monoisotopic (exact) mass is 309 g/mol. The highest BCUT2D eigenvalue weighted by Crippen LogP contribution is 2.24. The van der Waals surface area contributed by atoms with Crippen molar-refractivity contribution >= 4 is 11.8 Å². The van der Waals surface area contributed by atoms with Crippen molar-refractivity contribution in [1.29, 1.82) is 0 Å². The Morgan fingerprint density at radius 2 is 2.09 bits per heavy atom. The van der Waals surface area contributed by atoms with E-state index < -0.39 is 11.9 Å². The second-order valence-corrected chi connectivity index (χ2v) is 4.59. The van der Waals surface area contributed by atoms with E-state index in [1.807, 2.05) is 6.92 Å². The predicted molar refractivity (Wildman–Crippen MR) is 83.2 cm³/mol. The van der Waals surface area contributed by atoms with Crippen molar-refractivity contribution in [3.05, 3.63) is 23.8 Å². The van der Waals surface area contributed by atoms with Crippen LogP contribution in [0.2, 0.25) is 0 Å². The fraction of sp³-hybridized carbons (Fsp3) is 0.467. The number of ether oxygens (including phenoxy) is 2. The Morgan fingerprint density at radius 3 is 2.68 bits per heavy atom. The summed E-state index contributed by atoms with van der Waals surface area (Å²) in [5.41, 5.74) is 5.74. The molecule has 0 aromatic heterocycles. The van der Waals surface area contributed by atoms with Gasteiger partial charge < -0.3 is 25.8 Å². The molecule has 122 valence electrons. The Kier molecular flexibility index (Phi) is 7.18. The van der Waals surface area contributed by atoms with Gasteiger partial charge in [-0.05, 0) is 26.0 Å². The van der Waals surface area contributed by atoms with Crippen LogP contribution in [0.25, 0.3) is 0 Å². The van der Waals surface area contributed by atoms with Crippen molar-refractivity contribution in [3.8, 4) is 11.5 Å². The number of amides is 2. The van der Waals surface area contributed by atoms with Gasteiger partial charge >= 0.3 is 0 Å². The first-order valence-corrected chi connectivity index (χ1v) is 7.13. The molecular weight excluding hydrogens is 286 g/mol. The zero-order valence-corrected chi connectivity index (χ0v) is 13.1. The topological polar surface area (TPSA) is 103 Å². The van der Waals surface area contributed by atoms with Crippen LogP contribution in [0.4, 0.5) is 0 Å². The molecule has 0 radical (unpaired) electrons. The summed E-state index contributed by atoms with van der Waals surface area (Å²) in [5, 5.41) is 5.28. The molecular formula is C15H23N3O4. The van der Waals surface area contributed by atoms with Gasteiger partial charge in [0.25, 0.3) is 5.91 Å². The Labute approximate surface area is 130 Å². The molecule has 0 heterocycles. The molecule has 22 heavy (non-hydrogen) atoms. The van der Waals surface area contributed by atoms with Crippen molar-refractivity contribution in [2.45, 2.75) is 19.9 Å². The summed E-state index contributed by atoms with van der Waals surface area (Å²) in [6, 6.07) is 4.21. The lowest BCUT2D eigenvalue weighted by Crippen LogP contribution is -2.44. The Morgan fingerprint density at radius 1 is 1.36 bits per heavy atom. The molecule has 7 nitrogen and oxygen atoms in total. The number of carbonyl (C=O) groups is 2.